The highest BCUT2D eigenvalue weighted by atomic mass is 15.1. The van der Waals surface area contributed by atoms with Gasteiger partial charge in [0.2, 0.25) is 0 Å². The molecule has 0 N–H and O–H groups in total. The maximum absolute atomic E-state index is 9.23. The van der Waals surface area contributed by atoms with Crippen LogP contribution in [0.1, 0.15) is 50.8 Å². The molecule has 1 aliphatic heterocycles. The molecule has 3 nitrogen and oxygen atoms in total. The number of fused-ring (bicyclic) bond motifs is 1. The lowest BCUT2D eigenvalue weighted by atomic mass is 9.88. The zero-order chi connectivity index (χ0) is 11.8. The van der Waals surface area contributed by atoms with Gasteiger partial charge in [0.25, 0.3) is 0 Å². The van der Waals surface area contributed by atoms with Crippen molar-refractivity contribution in [3.8, 4) is 6.07 Å². The molecule has 0 saturated carbocycles. The molecule has 2 heterocycles. The maximum Gasteiger partial charge on any atom is 0.108 e. The smallest absolute Gasteiger partial charge is 0.108 e. The van der Waals surface area contributed by atoms with Crippen molar-refractivity contribution in [2.24, 2.45) is 0 Å². The van der Waals surface area contributed by atoms with E-state index in [-0.39, 0.29) is 0 Å². The molecule has 86 valence electrons. The number of hydrogen-bond acceptors (Lipinski definition) is 2. The second-order valence-electron chi connectivity index (χ2n) is 5.02. The number of imidazole rings is 1. The van der Waals surface area contributed by atoms with Gasteiger partial charge < -0.3 is 4.57 Å². The minimum atomic E-state index is -0.457. The molecular weight excluding hydrogens is 198 g/mol. The summed E-state index contributed by atoms with van der Waals surface area (Å²) in [6, 6.07) is 2.37. The summed E-state index contributed by atoms with van der Waals surface area (Å²) in [5.74, 6) is 1.15. The van der Waals surface area contributed by atoms with Crippen molar-refractivity contribution in [1.29, 1.82) is 5.26 Å². The zero-order valence-corrected chi connectivity index (χ0v) is 10.4. The minimum Gasteiger partial charge on any atom is -0.332 e. The predicted octanol–water partition coefficient (Wildman–Crippen LogP) is 2.58. The molecule has 0 fully saturated rings. The largest absolute Gasteiger partial charge is 0.332 e. The number of nitriles is 1. The molecule has 2 rings (SSSR count). The summed E-state index contributed by atoms with van der Waals surface area (Å²) < 4.78 is 2.33. The van der Waals surface area contributed by atoms with Crippen molar-refractivity contribution in [2.75, 3.05) is 0 Å². The normalized spacial score (nSPS) is 15.6. The van der Waals surface area contributed by atoms with E-state index < -0.39 is 5.41 Å². The first-order valence-electron chi connectivity index (χ1n) is 6.10. The lowest BCUT2D eigenvalue weighted by Gasteiger charge is -2.20. The molecule has 1 aromatic rings. The quantitative estimate of drug-likeness (QED) is 0.764. The highest BCUT2D eigenvalue weighted by Gasteiger charge is 2.30. The number of aromatic nitrogens is 2. The Morgan fingerprint density at radius 1 is 1.44 bits per heavy atom. The Bertz CT molecular complexity index is 435. The minimum absolute atomic E-state index is 0.457. The van der Waals surface area contributed by atoms with E-state index in [1.807, 2.05) is 13.8 Å². The van der Waals surface area contributed by atoms with Gasteiger partial charge in [-0.05, 0) is 33.1 Å². The predicted molar refractivity (Wildman–Crippen MR) is 63.2 cm³/mol. The number of aryl methyl sites for hydroxylation is 1. The van der Waals surface area contributed by atoms with Crippen LogP contribution in [-0.2, 0) is 24.8 Å². The summed E-state index contributed by atoms with van der Waals surface area (Å²) in [7, 11) is 0. The fraction of sp³-hybridized carbons (Fsp3) is 0.692. The molecule has 0 aliphatic carbocycles. The Morgan fingerprint density at radius 2 is 2.19 bits per heavy atom. The van der Waals surface area contributed by atoms with Crippen LogP contribution in [0.5, 0.6) is 0 Å². The molecule has 0 amide bonds. The molecule has 16 heavy (non-hydrogen) atoms. The summed E-state index contributed by atoms with van der Waals surface area (Å²) in [5, 5.41) is 9.23. The molecule has 3 heteroatoms. The molecule has 0 saturated heterocycles. The third kappa shape index (κ3) is 1.63. The van der Waals surface area contributed by atoms with E-state index in [9.17, 15) is 5.26 Å². The van der Waals surface area contributed by atoms with Crippen molar-refractivity contribution < 1.29 is 0 Å². The van der Waals surface area contributed by atoms with Crippen LogP contribution in [0, 0.1) is 11.3 Å². The fourth-order valence-corrected chi connectivity index (χ4v) is 2.44. The van der Waals surface area contributed by atoms with Crippen molar-refractivity contribution in [2.45, 2.75) is 58.4 Å². The SMILES string of the molecule is CCc1nc(C(C)(C)C#N)c2n1CCCC2. The van der Waals surface area contributed by atoms with E-state index in [0.717, 1.165) is 30.9 Å². The number of nitrogens with zero attached hydrogens (tertiary/aromatic N) is 3. The van der Waals surface area contributed by atoms with Gasteiger partial charge in [0, 0.05) is 18.7 Å². The molecule has 0 atom stereocenters. The van der Waals surface area contributed by atoms with Gasteiger partial charge in [-0.3, -0.25) is 0 Å². The van der Waals surface area contributed by atoms with Crippen molar-refractivity contribution in [1.82, 2.24) is 9.55 Å². The first-order chi connectivity index (χ1) is 7.60. The second kappa shape index (κ2) is 3.93. The Kier molecular flexibility index (Phi) is 2.75. The summed E-state index contributed by atoms with van der Waals surface area (Å²) >= 11 is 0. The van der Waals surface area contributed by atoms with Crippen LogP contribution in [-0.4, -0.2) is 9.55 Å². The Labute approximate surface area is 97.1 Å². The van der Waals surface area contributed by atoms with E-state index in [1.165, 1.54) is 18.5 Å². The van der Waals surface area contributed by atoms with Crippen LogP contribution in [0.2, 0.25) is 0 Å². The van der Waals surface area contributed by atoms with Crippen molar-refractivity contribution in [3.05, 3.63) is 17.2 Å². The van der Waals surface area contributed by atoms with Crippen LogP contribution in [0.4, 0.5) is 0 Å². The van der Waals surface area contributed by atoms with Gasteiger partial charge >= 0.3 is 0 Å². The summed E-state index contributed by atoms with van der Waals surface area (Å²) in [6.07, 6.45) is 4.49. The van der Waals surface area contributed by atoms with Crippen LogP contribution < -0.4 is 0 Å². The zero-order valence-electron chi connectivity index (χ0n) is 10.4. The summed E-state index contributed by atoms with van der Waals surface area (Å²) in [5.41, 5.74) is 1.85. The fourth-order valence-electron chi connectivity index (χ4n) is 2.44. The van der Waals surface area contributed by atoms with Gasteiger partial charge in [0.15, 0.2) is 0 Å². The maximum atomic E-state index is 9.23. The average Bonchev–Trinajstić information content (AvgIpc) is 2.68. The van der Waals surface area contributed by atoms with E-state index in [2.05, 4.69) is 17.6 Å². The standard InChI is InChI=1S/C13H19N3/c1-4-11-15-12(13(2,3)9-14)10-7-5-6-8-16(10)11/h4-8H2,1-3H3. The molecule has 0 bridgehead atoms. The first-order valence-corrected chi connectivity index (χ1v) is 6.10. The van der Waals surface area contributed by atoms with E-state index in [0.29, 0.717) is 0 Å². The van der Waals surface area contributed by atoms with Gasteiger partial charge in [-0.1, -0.05) is 6.92 Å². The van der Waals surface area contributed by atoms with Crippen LogP contribution in [0.3, 0.4) is 0 Å². The Morgan fingerprint density at radius 3 is 2.81 bits per heavy atom. The van der Waals surface area contributed by atoms with Crippen LogP contribution in [0.15, 0.2) is 0 Å². The molecule has 0 spiro atoms. The molecule has 1 aromatic heterocycles. The second-order valence-corrected chi connectivity index (χ2v) is 5.02. The Hall–Kier alpha value is -1.30. The Balaban J connectivity index is 2.55. The van der Waals surface area contributed by atoms with E-state index >= 15 is 0 Å². The molecule has 0 aromatic carbocycles. The summed E-state index contributed by atoms with van der Waals surface area (Å²) in [4.78, 5) is 4.69. The monoisotopic (exact) mass is 217 g/mol. The first kappa shape index (κ1) is 11.2. The summed E-state index contributed by atoms with van der Waals surface area (Å²) in [6.45, 7) is 7.13. The molecule has 1 aliphatic rings. The lowest BCUT2D eigenvalue weighted by Crippen LogP contribution is -2.20. The molecule has 0 unspecified atom stereocenters. The van der Waals surface area contributed by atoms with Gasteiger partial charge in [-0.15, -0.1) is 0 Å². The van der Waals surface area contributed by atoms with Crippen molar-refractivity contribution in [3.63, 3.8) is 0 Å². The van der Waals surface area contributed by atoms with Gasteiger partial charge in [-0.2, -0.15) is 5.26 Å². The highest BCUT2D eigenvalue weighted by molar-refractivity contribution is 5.31. The molecule has 0 radical (unpaired) electrons. The third-order valence-electron chi connectivity index (χ3n) is 3.38. The van der Waals surface area contributed by atoms with Crippen LogP contribution >= 0.6 is 0 Å². The van der Waals surface area contributed by atoms with Gasteiger partial charge in [0.1, 0.15) is 5.82 Å². The lowest BCUT2D eigenvalue weighted by molar-refractivity contribution is 0.508. The van der Waals surface area contributed by atoms with Crippen molar-refractivity contribution >= 4 is 0 Å². The van der Waals surface area contributed by atoms with E-state index in [1.54, 1.807) is 0 Å². The number of hydrogen-bond donors (Lipinski definition) is 0. The third-order valence-corrected chi connectivity index (χ3v) is 3.38. The highest BCUT2D eigenvalue weighted by Crippen LogP contribution is 2.30. The van der Waals surface area contributed by atoms with Gasteiger partial charge in [0.05, 0.1) is 17.2 Å². The van der Waals surface area contributed by atoms with E-state index in [4.69, 9.17) is 4.98 Å². The van der Waals surface area contributed by atoms with Crippen LogP contribution in [0.25, 0.3) is 0 Å². The number of rotatable bonds is 2. The van der Waals surface area contributed by atoms with Gasteiger partial charge in [-0.25, -0.2) is 4.98 Å². The molecular formula is C13H19N3. The topological polar surface area (TPSA) is 41.6 Å². The average molecular weight is 217 g/mol.